The standard InChI is InChI=1S/C16H18/c1-12(2)10-13(3)15-9-8-14-6-4-5-7-16(14)11-15/h4-9,11,13H,1,10H2,2-3H3. The molecule has 0 fully saturated rings. The number of fused-ring (bicyclic) bond motifs is 1. The van der Waals surface area contributed by atoms with Crippen LogP contribution in [-0.2, 0) is 0 Å². The van der Waals surface area contributed by atoms with Crippen LogP contribution in [0.4, 0.5) is 0 Å². The Morgan fingerprint density at radius 3 is 2.50 bits per heavy atom. The summed E-state index contributed by atoms with van der Waals surface area (Å²) in [4.78, 5) is 0. The van der Waals surface area contributed by atoms with Gasteiger partial charge >= 0.3 is 0 Å². The van der Waals surface area contributed by atoms with Crippen molar-refractivity contribution in [3.8, 4) is 0 Å². The summed E-state index contributed by atoms with van der Waals surface area (Å²) >= 11 is 0. The molecule has 2 rings (SSSR count). The zero-order valence-electron chi connectivity index (χ0n) is 10.0. The summed E-state index contributed by atoms with van der Waals surface area (Å²) in [6, 6.07) is 15.2. The van der Waals surface area contributed by atoms with Crippen LogP contribution < -0.4 is 0 Å². The van der Waals surface area contributed by atoms with Gasteiger partial charge in [-0.1, -0.05) is 55.0 Å². The predicted octanol–water partition coefficient (Wildman–Crippen LogP) is 4.91. The van der Waals surface area contributed by atoms with E-state index in [0.717, 1.165) is 6.42 Å². The van der Waals surface area contributed by atoms with Crippen LogP contribution in [0.25, 0.3) is 10.8 Å². The molecular formula is C16H18. The molecule has 0 aliphatic carbocycles. The third kappa shape index (κ3) is 2.33. The minimum atomic E-state index is 0.558. The lowest BCUT2D eigenvalue weighted by Crippen LogP contribution is -1.93. The monoisotopic (exact) mass is 210 g/mol. The Labute approximate surface area is 97.6 Å². The first-order valence-electron chi connectivity index (χ1n) is 5.80. The Morgan fingerprint density at radius 2 is 1.81 bits per heavy atom. The van der Waals surface area contributed by atoms with E-state index in [0.29, 0.717) is 5.92 Å². The molecule has 1 atom stereocenters. The molecule has 0 saturated carbocycles. The second kappa shape index (κ2) is 4.52. The summed E-state index contributed by atoms with van der Waals surface area (Å²) in [5.41, 5.74) is 2.65. The van der Waals surface area contributed by atoms with Crippen molar-refractivity contribution in [3.63, 3.8) is 0 Å². The second-order valence-electron chi connectivity index (χ2n) is 4.67. The molecule has 0 saturated heterocycles. The first-order valence-corrected chi connectivity index (χ1v) is 5.80. The van der Waals surface area contributed by atoms with Crippen LogP contribution in [-0.4, -0.2) is 0 Å². The van der Waals surface area contributed by atoms with Gasteiger partial charge in [0.05, 0.1) is 0 Å². The number of allylic oxidation sites excluding steroid dienone is 1. The Bertz CT molecular complexity index is 508. The molecule has 0 heterocycles. The maximum atomic E-state index is 3.98. The Morgan fingerprint density at radius 1 is 1.12 bits per heavy atom. The molecule has 0 bridgehead atoms. The average Bonchev–Trinajstić information content (AvgIpc) is 2.27. The highest BCUT2D eigenvalue weighted by molar-refractivity contribution is 5.83. The van der Waals surface area contributed by atoms with E-state index >= 15 is 0 Å². The van der Waals surface area contributed by atoms with E-state index in [9.17, 15) is 0 Å². The van der Waals surface area contributed by atoms with E-state index in [1.165, 1.54) is 21.9 Å². The van der Waals surface area contributed by atoms with Gasteiger partial charge in [0, 0.05) is 0 Å². The van der Waals surface area contributed by atoms with Crippen molar-refractivity contribution in [2.75, 3.05) is 0 Å². The maximum absolute atomic E-state index is 3.98. The van der Waals surface area contributed by atoms with Crippen LogP contribution in [0, 0.1) is 0 Å². The van der Waals surface area contributed by atoms with Crippen molar-refractivity contribution in [3.05, 3.63) is 60.2 Å². The van der Waals surface area contributed by atoms with E-state index < -0.39 is 0 Å². The molecule has 0 N–H and O–H groups in total. The zero-order chi connectivity index (χ0) is 11.5. The molecule has 0 aliphatic heterocycles. The number of rotatable bonds is 3. The van der Waals surface area contributed by atoms with Crippen LogP contribution in [0.5, 0.6) is 0 Å². The molecule has 0 spiro atoms. The third-order valence-electron chi connectivity index (χ3n) is 3.00. The van der Waals surface area contributed by atoms with Crippen LogP contribution in [0.3, 0.4) is 0 Å². The van der Waals surface area contributed by atoms with E-state index in [1.54, 1.807) is 0 Å². The fourth-order valence-corrected chi connectivity index (χ4v) is 2.15. The van der Waals surface area contributed by atoms with Crippen molar-refractivity contribution in [1.29, 1.82) is 0 Å². The zero-order valence-corrected chi connectivity index (χ0v) is 10.0. The number of hydrogen-bond donors (Lipinski definition) is 0. The minimum Gasteiger partial charge on any atom is -0.100 e. The summed E-state index contributed by atoms with van der Waals surface area (Å²) in [5.74, 6) is 0.558. The van der Waals surface area contributed by atoms with Gasteiger partial charge in [0.1, 0.15) is 0 Å². The molecule has 1 unspecified atom stereocenters. The van der Waals surface area contributed by atoms with Gasteiger partial charge in [-0.05, 0) is 35.6 Å². The molecule has 0 nitrogen and oxygen atoms in total. The van der Waals surface area contributed by atoms with Crippen molar-refractivity contribution in [2.45, 2.75) is 26.2 Å². The highest BCUT2D eigenvalue weighted by Gasteiger charge is 2.05. The smallest absolute Gasteiger partial charge is 0.0153 e. The van der Waals surface area contributed by atoms with Crippen molar-refractivity contribution in [1.82, 2.24) is 0 Å². The molecule has 0 radical (unpaired) electrons. The lowest BCUT2D eigenvalue weighted by atomic mass is 9.93. The quantitative estimate of drug-likeness (QED) is 0.631. The van der Waals surface area contributed by atoms with Gasteiger partial charge in [0.2, 0.25) is 0 Å². The molecule has 82 valence electrons. The van der Waals surface area contributed by atoms with E-state index in [4.69, 9.17) is 0 Å². The van der Waals surface area contributed by atoms with Crippen LogP contribution >= 0.6 is 0 Å². The van der Waals surface area contributed by atoms with Crippen LogP contribution in [0.15, 0.2) is 54.6 Å². The normalized spacial score (nSPS) is 12.6. The topological polar surface area (TPSA) is 0 Å². The van der Waals surface area contributed by atoms with Gasteiger partial charge in [-0.25, -0.2) is 0 Å². The van der Waals surface area contributed by atoms with Crippen molar-refractivity contribution >= 4 is 10.8 Å². The van der Waals surface area contributed by atoms with Crippen LogP contribution in [0.1, 0.15) is 31.7 Å². The highest BCUT2D eigenvalue weighted by atomic mass is 14.1. The highest BCUT2D eigenvalue weighted by Crippen LogP contribution is 2.25. The summed E-state index contributed by atoms with van der Waals surface area (Å²) in [5, 5.41) is 2.64. The molecule has 0 aliphatic rings. The Kier molecular flexibility index (Phi) is 3.09. The fraction of sp³-hybridized carbons (Fsp3) is 0.250. The first-order chi connectivity index (χ1) is 7.66. The van der Waals surface area contributed by atoms with E-state index in [1.807, 2.05) is 0 Å². The number of hydrogen-bond acceptors (Lipinski definition) is 0. The molecule has 0 aromatic heterocycles. The van der Waals surface area contributed by atoms with Crippen molar-refractivity contribution < 1.29 is 0 Å². The SMILES string of the molecule is C=C(C)CC(C)c1ccc2ccccc2c1. The van der Waals surface area contributed by atoms with E-state index in [2.05, 4.69) is 62.9 Å². The Hall–Kier alpha value is -1.56. The van der Waals surface area contributed by atoms with Crippen LogP contribution in [0.2, 0.25) is 0 Å². The maximum Gasteiger partial charge on any atom is -0.0153 e. The minimum absolute atomic E-state index is 0.558. The third-order valence-corrected chi connectivity index (χ3v) is 3.00. The molecule has 2 aromatic carbocycles. The Balaban J connectivity index is 2.35. The number of benzene rings is 2. The summed E-state index contributed by atoms with van der Waals surface area (Å²) in [6.45, 7) is 8.34. The van der Waals surface area contributed by atoms with Gasteiger partial charge in [-0.3, -0.25) is 0 Å². The predicted molar refractivity (Wildman–Crippen MR) is 71.8 cm³/mol. The lowest BCUT2D eigenvalue weighted by molar-refractivity contribution is 0.754. The van der Waals surface area contributed by atoms with Gasteiger partial charge in [0.15, 0.2) is 0 Å². The molecule has 0 heteroatoms. The molecule has 2 aromatic rings. The van der Waals surface area contributed by atoms with Crippen molar-refractivity contribution in [2.24, 2.45) is 0 Å². The summed E-state index contributed by atoms with van der Waals surface area (Å²) < 4.78 is 0. The summed E-state index contributed by atoms with van der Waals surface area (Å²) in [6.07, 6.45) is 1.07. The van der Waals surface area contributed by atoms with E-state index in [-0.39, 0.29) is 0 Å². The first kappa shape index (κ1) is 10.9. The van der Waals surface area contributed by atoms with Gasteiger partial charge in [-0.15, -0.1) is 6.58 Å². The fourth-order valence-electron chi connectivity index (χ4n) is 2.15. The lowest BCUT2D eigenvalue weighted by Gasteiger charge is -2.12. The molecule has 16 heavy (non-hydrogen) atoms. The summed E-state index contributed by atoms with van der Waals surface area (Å²) in [7, 11) is 0. The largest absolute Gasteiger partial charge is 0.100 e. The van der Waals surface area contributed by atoms with Gasteiger partial charge in [0.25, 0.3) is 0 Å². The van der Waals surface area contributed by atoms with Gasteiger partial charge < -0.3 is 0 Å². The molecule has 0 amide bonds. The average molecular weight is 210 g/mol. The molecular weight excluding hydrogens is 192 g/mol. The second-order valence-corrected chi connectivity index (χ2v) is 4.67. The van der Waals surface area contributed by atoms with Gasteiger partial charge in [-0.2, -0.15) is 0 Å².